The molecule has 0 spiro atoms. The first-order valence-corrected chi connectivity index (χ1v) is 7.28. The second-order valence-electron chi connectivity index (χ2n) is 5.09. The third kappa shape index (κ3) is 6.04. The van der Waals surface area contributed by atoms with Gasteiger partial charge in [-0.25, -0.2) is 0 Å². The Labute approximate surface area is 111 Å². The molecule has 102 valence electrons. The van der Waals surface area contributed by atoms with Gasteiger partial charge in [-0.3, -0.25) is 4.79 Å². The summed E-state index contributed by atoms with van der Waals surface area (Å²) in [5, 5.41) is 0. The Morgan fingerprint density at radius 3 is 2.83 bits per heavy atom. The lowest BCUT2D eigenvalue weighted by molar-refractivity contribution is -0.145. The van der Waals surface area contributed by atoms with Crippen LogP contribution >= 0.6 is 0 Å². The molecule has 0 bridgehead atoms. The third-order valence-electron chi connectivity index (χ3n) is 3.41. The fourth-order valence-electron chi connectivity index (χ4n) is 2.24. The molecule has 0 saturated heterocycles. The van der Waals surface area contributed by atoms with Gasteiger partial charge in [-0.2, -0.15) is 0 Å². The summed E-state index contributed by atoms with van der Waals surface area (Å²) in [6.07, 6.45) is 13.6. The molecule has 1 aliphatic rings. The first kappa shape index (κ1) is 15.0. The molecule has 2 heteroatoms. The second-order valence-corrected chi connectivity index (χ2v) is 5.09. The molecule has 2 nitrogen and oxygen atoms in total. The zero-order valence-electron chi connectivity index (χ0n) is 11.6. The molecule has 1 rings (SSSR count). The number of esters is 1. The van der Waals surface area contributed by atoms with Crippen LogP contribution in [0.15, 0.2) is 24.5 Å². The number of carbonyl (C=O) groups excluding carboxylic acids is 1. The highest BCUT2D eigenvalue weighted by molar-refractivity contribution is 5.73. The Morgan fingerprint density at radius 2 is 2.06 bits per heavy atom. The molecule has 0 saturated carbocycles. The number of allylic oxidation sites excluding steroid dienone is 3. The molecule has 1 unspecified atom stereocenters. The Balaban J connectivity index is 2.29. The predicted octanol–water partition coefficient (Wildman–Crippen LogP) is 4.76. The van der Waals surface area contributed by atoms with Crippen LogP contribution in [0.3, 0.4) is 0 Å². The van der Waals surface area contributed by atoms with Gasteiger partial charge in [0.1, 0.15) is 5.76 Å². The fraction of sp³-hybridized carbons (Fsp3) is 0.688. The van der Waals surface area contributed by atoms with Crippen LogP contribution < -0.4 is 0 Å². The van der Waals surface area contributed by atoms with Gasteiger partial charge in [0.05, 0.1) is 5.92 Å². The van der Waals surface area contributed by atoms with Gasteiger partial charge in [-0.1, -0.05) is 38.5 Å². The van der Waals surface area contributed by atoms with Gasteiger partial charge < -0.3 is 4.74 Å². The van der Waals surface area contributed by atoms with E-state index in [1.807, 2.05) is 0 Å². The van der Waals surface area contributed by atoms with Crippen molar-refractivity contribution in [1.29, 1.82) is 0 Å². The van der Waals surface area contributed by atoms with Crippen LogP contribution in [0.2, 0.25) is 0 Å². The van der Waals surface area contributed by atoms with Crippen molar-refractivity contribution in [2.24, 2.45) is 5.92 Å². The summed E-state index contributed by atoms with van der Waals surface area (Å²) in [6.45, 7) is 6.01. The summed E-state index contributed by atoms with van der Waals surface area (Å²) in [7, 11) is 0. The number of hydrogen-bond acceptors (Lipinski definition) is 2. The summed E-state index contributed by atoms with van der Waals surface area (Å²) in [5.41, 5.74) is 0. The lowest BCUT2D eigenvalue weighted by Crippen LogP contribution is -2.18. The van der Waals surface area contributed by atoms with Crippen molar-refractivity contribution in [2.75, 3.05) is 0 Å². The number of unbranched alkanes of at least 4 members (excludes halogenated alkanes) is 2. The van der Waals surface area contributed by atoms with Crippen LogP contribution in [0.25, 0.3) is 0 Å². The molecular formula is C16H26O2. The Hall–Kier alpha value is -1.05. The number of rotatable bonds is 6. The minimum absolute atomic E-state index is 0.0631. The summed E-state index contributed by atoms with van der Waals surface area (Å²) >= 11 is 0. The van der Waals surface area contributed by atoms with E-state index in [1.165, 1.54) is 12.8 Å². The average molecular weight is 250 g/mol. The van der Waals surface area contributed by atoms with E-state index in [0.29, 0.717) is 5.76 Å². The molecule has 0 fully saturated rings. The van der Waals surface area contributed by atoms with Crippen LogP contribution in [-0.4, -0.2) is 5.97 Å². The topological polar surface area (TPSA) is 26.3 Å². The number of ether oxygens (including phenoxy) is 1. The highest BCUT2D eigenvalue weighted by Gasteiger charge is 2.20. The molecule has 0 N–H and O–H groups in total. The first-order chi connectivity index (χ1) is 8.74. The molecule has 0 aromatic carbocycles. The Morgan fingerprint density at radius 1 is 1.28 bits per heavy atom. The van der Waals surface area contributed by atoms with Gasteiger partial charge in [-0.05, 0) is 38.5 Å². The van der Waals surface area contributed by atoms with Crippen molar-refractivity contribution in [3.05, 3.63) is 24.5 Å². The smallest absolute Gasteiger partial charge is 0.313 e. The van der Waals surface area contributed by atoms with E-state index in [2.05, 4.69) is 25.7 Å². The normalized spacial score (nSPS) is 21.7. The predicted molar refractivity (Wildman–Crippen MR) is 75.1 cm³/mol. The molecule has 18 heavy (non-hydrogen) atoms. The number of hydrogen-bond donors (Lipinski definition) is 0. The van der Waals surface area contributed by atoms with Crippen LogP contribution in [0.1, 0.15) is 64.7 Å². The molecule has 1 atom stereocenters. The van der Waals surface area contributed by atoms with E-state index in [4.69, 9.17) is 4.74 Å². The summed E-state index contributed by atoms with van der Waals surface area (Å²) < 4.78 is 5.38. The molecule has 0 aromatic rings. The van der Waals surface area contributed by atoms with Gasteiger partial charge >= 0.3 is 5.97 Å². The minimum atomic E-state index is -0.0631. The van der Waals surface area contributed by atoms with Crippen molar-refractivity contribution in [3.63, 3.8) is 0 Å². The van der Waals surface area contributed by atoms with Crippen LogP contribution in [0.5, 0.6) is 0 Å². The average Bonchev–Trinajstić information content (AvgIpc) is 2.28. The van der Waals surface area contributed by atoms with E-state index in [0.717, 1.165) is 44.9 Å². The van der Waals surface area contributed by atoms with Crippen LogP contribution in [0, 0.1) is 5.92 Å². The van der Waals surface area contributed by atoms with Crippen molar-refractivity contribution in [1.82, 2.24) is 0 Å². The summed E-state index contributed by atoms with van der Waals surface area (Å²) in [4.78, 5) is 12.0. The van der Waals surface area contributed by atoms with Gasteiger partial charge in [0.25, 0.3) is 0 Å². The number of carbonyl (C=O) groups is 1. The van der Waals surface area contributed by atoms with E-state index in [1.54, 1.807) is 0 Å². The van der Waals surface area contributed by atoms with E-state index in [-0.39, 0.29) is 11.9 Å². The van der Waals surface area contributed by atoms with Crippen molar-refractivity contribution < 1.29 is 9.53 Å². The van der Waals surface area contributed by atoms with E-state index < -0.39 is 0 Å². The van der Waals surface area contributed by atoms with Gasteiger partial charge in [0.2, 0.25) is 0 Å². The highest BCUT2D eigenvalue weighted by Crippen LogP contribution is 2.21. The molecule has 0 aromatic heterocycles. The van der Waals surface area contributed by atoms with E-state index in [9.17, 15) is 4.79 Å². The molecular weight excluding hydrogens is 224 g/mol. The monoisotopic (exact) mass is 250 g/mol. The van der Waals surface area contributed by atoms with Crippen LogP contribution in [0.4, 0.5) is 0 Å². The lowest BCUT2D eigenvalue weighted by Gasteiger charge is -2.17. The standard InChI is InChI=1S/C16H26O2/c1-3-4-8-11-14(2)18-16(17)15-12-9-6-5-7-10-13-15/h5-6,15H,2-4,7-13H2,1H3/b6-5-. The molecule has 0 heterocycles. The van der Waals surface area contributed by atoms with E-state index >= 15 is 0 Å². The maximum atomic E-state index is 12.0. The molecule has 0 radical (unpaired) electrons. The van der Waals surface area contributed by atoms with Crippen molar-refractivity contribution in [3.8, 4) is 0 Å². The van der Waals surface area contributed by atoms with Gasteiger partial charge in [0.15, 0.2) is 0 Å². The van der Waals surface area contributed by atoms with Crippen LogP contribution in [-0.2, 0) is 9.53 Å². The quantitative estimate of drug-likeness (QED) is 0.294. The molecule has 0 aliphatic heterocycles. The second kappa shape index (κ2) is 8.96. The SMILES string of the molecule is C=C(CCCCC)OC(=O)C1CC/C=C\CCC1. The van der Waals surface area contributed by atoms with Gasteiger partial charge in [0, 0.05) is 6.42 Å². The zero-order valence-corrected chi connectivity index (χ0v) is 11.6. The fourth-order valence-corrected chi connectivity index (χ4v) is 2.24. The maximum absolute atomic E-state index is 12.0. The highest BCUT2D eigenvalue weighted by atomic mass is 16.5. The molecule has 0 amide bonds. The summed E-state index contributed by atoms with van der Waals surface area (Å²) in [5.74, 6) is 0.649. The first-order valence-electron chi connectivity index (χ1n) is 7.28. The third-order valence-corrected chi connectivity index (χ3v) is 3.41. The maximum Gasteiger partial charge on any atom is 0.313 e. The van der Waals surface area contributed by atoms with Crippen molar-refractivity contribution >= 4 is 5.97 Å². The lowest BCUT2D eigenvalue weighted by atomic mass is 9.94. The molecule has 1 aliphatic carbocycles. The minimum Gasteiger partial charge on any atom is -0.431 e. The Bertz CT molecular complexity index is 291. The largest absolute Gasteiger partial charge is 0.431 e. The van der Waals surface area contributed by atoms with Crippen molar-refractivity contribution in [2.45, 2.75) is 64.7 Å². The van der Waals surface area contributed by atoms with Gasteiger partial charge in [-0.15, -0.1) is 0 Å². The Kier molecular flexibility index (Phi) is 7.47. The zero-order chi connectivity index (χ0) is 13.2. The summed E-state index contributed by atoms with van der Waals surface area (Å²) in [6, 6.07) is 0.